The molecular formula is C22H22F5N4O2+. The summed E-state index contributed by atoms with van der Waals surface area (Å²) >= 11 is 0. The average Bonchev–Trinajstić information content (AvgIpc) is 3.15. The lowest BCUT2D eigenvalue weighted by Crippen LogP contribution is -2.46. The predicted molar refractivity (Wildman–Crippen MR) is 110 cm³/mol. The van der Waals surface area contributed by atoms with Gasteiger partial charge >= 0.3 is 12.3 Å². The van der Waals surface area contributed by atoms with Crippen molar-refractivity contribution in [2.75, 3.05) is 26.2 Å². The van der Waals surface area contributed by atoms with E-state index in [1.54, 1.807) is 0 Å². The zero-order valence-electron chi connectivity index (χ0n) is 17.6. The summed E-state index contributed by atoms with van der Waals surface area (Å²) in [5.41, 5.74) is -1.13. The summed E-state index contributed by atoms with van der Waals surface area (Å²) in [6.45, 7) is 6.20. The molecule has 4 rings (SSSR count). The maximum Gasteiger partial charge on any atom is 0.433 e. The highest BCUT2D eigenvalue weighted by Gasteiger charge is 2.42. The molecule has 2 saturated heterocycles. The molecule has 1 aromatic heterocycles. The van der Waals surface area contributed by atoms with Gasteiger partial charge in [-0.3, -0.25) is 14.6 Å². The molecule has 176 valence electrons. The molecular weight excluding hydrogens is 447 g/mol. The number of aromatic nitrogens is 1. The number of piperidine rings is 1. The Morgan fingerprint density at radius 1 is 1.24 bits per heavy atom. The first-order chi connectivity index (χ1) is 15.6. The minimum atomic E-state index is -4.67. The van der Waals surface area contributed by atoms with Crippen LogP contribution in [0.5, 0.6) is 5.75 Å². The number of hydrogen-bond acceptors (Lipinski definition) is 4. The molecule has 11 heteroatoms. The zero-order valence-corrected chi connectivity index (χ0v) is 17.6. The SMILES string of the molecule is C#[N+][C@@H]1C[C@H](F)CN1C(=O)CN1CCC(Oc2cc(C(F)(F)F)nc3ccc(F)cc23)CC1. The summed E-state index contributed by atoms with van der Waals surface area (Å²) in [7, 11) is 0. The van der Waals surface area contributed by atoms with Crippen LogP contribution in [-0.4, -0.2) is 65.3 Å². The van der Waals surface area contributed by atoms with Gasteiger partial charge in [0.2, 0.25) is 5.91 Å². The standard InChI is InChI=1S/C22H22F5N4O2/c1-28-20-9-14(24)11-31(20)21(32)12-30-6-4-15(5-7-30)33-18-10-19(22(25,26)27)29-17-3-2-13(23)8-16(17)18/h1-3,8,10,14-15,20H,4-7,9,11-12H2/q+1/t14-,20-/m0/s1. The minimum absolute atomic E-state index is 0.0130. The fourth-order valence-corrected chi connectivity index (χ4v) is 4.23. The van der Waals surface area contributed by atoms with Crippen molar-refractivity contribution in [1.29, 1.82) is 0 Å². The summed E-state index contributed by atoms with van der Waals surface area (Å²) in [4.78, 5) is 22.9. The fraction of sp³-hybridized carbons (Fsp3) is 0.500. The third-order valence-electron chi connectivity index (χ3n) is 5.92. The van der Waals surface area contributed by atoms with Gasteiger partial charge in [-0.15, -0.1) is 0 Å². The summed E-state index contributed by atoms with van der Waals surface area (Å²) in [5.74, 6) is -0.971. The number of amides is 1. The van der Waals surface area contributed by atoms with Gasteiger partial charge in [0.25, 0.3) is 6.57 Å². The van der Waals surface area contributed by atoms with Crippen LogP contribution in [0.15, 0.2) is 24.3 Å². The summed E-state index contributed by atoms with van der Waals surface area (Å²) in [6.07, 6.45) is -5.94. The number of pyridine rings is 1. The van der Waals surface area contributed by atoms with E-state index in [0.717, 1.165) is 18.2 Å². The largest absolute Gasteiger partial charge is 0.490 e. The zero-order chi connectivity index (χ0) is 23.8. The van der Waals surface area contributed by atoms with Gasteiger partial charge in [0, 0.05) is 24.5 Å². The Morgan fingerprint density at radius 3 is 2.64 bits per heavy atom. The molecule has 2 aromatic rings. The first-order valence-electron chi connectivity index (χ1n) is 10.5. The van der Waals surface area contributed by atoms with Gasteiger partial charge in [0.1, 0.15) is 29.5 Å². The van der Waals surface area contributed by atoms with Crippen LogP contribution in [0.2, 0.25) is 0 Å². The molecule has 2 aliphatic heterocycles. The molecule has 0 bridgehead atoms. The molecule has 0 unspecified atom stereocenters. The Labute approximate surface area is 186 Å². The van der Waals surface area contributed by atoms with Crippen LogP contribution >= 0.6 is 0 Å². The van der Waals surface area contributed by atoms with E-state index < -0.39 is 36.1 Å². The van der Waals surface area contributed by atoms with Gasteiger partial charge in [-0.2, -0.15) is 13.2 Å². The van der Waals surface area contributed by atoms with Gasteiger partial charge in [-0.05, 0) is 31.0 Å². The monoisotopic (exact) mass is 469 g/mol. The van der Waals surface area contributed by atoms with Gasteiger partial charge in [-0.25, -0.2) is 13.8 Å². The van der Waals surface area contributed by atoms with E-state index in [1.165, 1.54) is 11.0 Å². The maximum atomic E-state index is 13.7. The molecule has 0 spiro atoms. The van der Waals surface area contributed by atoms with Crippen LogP contribution in [0.25, 0.3) is 15.7 Å². The van der Waals surface area contributed by atoms with Crippen molar-refractivity contribution in [3.63, 3.8) is 0 Å². The van der Waals surface area contributed by atoms with Gasteiger partial charge in [-0.1, -0.05) is 4.85 Å². The molecule has 2 atom stereocenters. The number of benzene rings is 1. The van der Waals surface area contributed by atoms with E-state index in [1.807, 2.05) is 4.90 Å². The Morgan fingerprint density at radius 2 is 1.97 bits per heavy atom. The van der Waals surface area contributed by atoms with Crippen LogP contribution in [-0.2, 0) is 11.0 Å². The number of hydrogen-bond donors (Lipinski definition) is 0. The summed E-state index contributed by atoms with van der Waals surface area (Å²) in [6, 6.07) is 4.11. The first kappa shape index (κ1) is 23.2. The topological polar surface area (TPSA) is 50.0 Å². The Kier molecular flexibility index (Phi) is 6.38. The summed E-state index contributed by atoms with van der Waals surface area (Å²) in [5, 5.41) is 0.159. The molecule has 3 heterocycles. The van der Waals surface area contributed by atoms with Crippen LogP contribution in [0.4, 0.5) is 22.0 Å². The van der Waals surface area contributed by atoms with Crippen LogP contribution in [0.1, 0.15) is 25.0 Å². The molecule has 2 fully saturated rings. The van der Waals surface area contributed by atoms with Crippen molar-refractivity contribution in [3.05, 3.63) is 40.6 Å². The van der Waals surface area contributed by atoms with E-state index in [0.29, 0.717) is 25.9 Å². The lowest BCUT2D eigenvalue weighted by molar-refractivity contribution is -0.141. The van der Waals surface area contributed by atoms with Crippen molar-refractivity contribution in [1.82, 2.24) is 14.8 Å². The van der Waals surface area contributed by atoms with E-state index in [9.17, 15) is 26.7 Å². The second-order valence-corrected chi connectivity index (χ2v) is 8.27. The second kappa shape index (κ2) is 9.09. The number of likely N-dealkylation sites (tertiary alicyclic amines) is 2. The highest BCUT2D eigenvalue weighted by Crippen LogP contribution is 2.35. The maximum absolute atomic E-state index is 13.7. The quantitative estimate of drug-likeness (QED) is 0.633. The number of rotatable bonds is 4. The van der Waals surface area contributed by atoms with Crippen molar-refractivity contribution in [2.45, 2.75) is 43.9 Å². The Balaban J connectivity index is 1.41. The van der Waals surface area contributed by atoms with Crippen molar-refractivity contribution in [2.24, 2.45) is 0 Å². The van der Waals surface area contributed by atoms with Gasteiger partial charge in [0.15, 0.2) is 0 Å². The number of alkyl halides is 4. The molecule has 1 amide bonds. The van der Waals surface area contributed by atoms with Gasteiger partial charge in [0.05, 0.1) is 25.0 Å². The van der Waals surface area contributed by atoms with E-state index in [2.05, 4.69) is 9.83 Å². The first-order valence-corrected chi connectivity index (χ1v) is 10.5. The van der Waals surface area contributed by atoms with E-state index in [4.69, 9.17) is 11.3 Å². The number of halogens is 5. The molecule has 33 heavy (non-hydrogen) atoms. The molecule has 0 radical (unpaired) electrons. The third kappa shape index (κ3) is 5.16. The van der Waals surface area contributed by atoms with Crippen molar-refractivity contribution >= 4 is 16.8 Å². The number of ether oxygens (including phenoxy) is 1. The van der Waals surface area contributed by atoms with E-state index >= 15 is 0 Å². The highest BCUT2D eigenvalue weighted by atomic mass is 19.4. The molecule has 2 aliphatic rings. The third-order valence-corrected chi connectivity index (χ3v) is 5.92. The van der Waals surface area contributed by atoms with Crippen molar-refractivity contribution < 1.29 is 31.5 Å². The normalized spacial score (nSPS) is 22.5. The number of nitrogens with zero attached hydrogens (tertiary/aromatic N) is 4. The number of fused-ring (bicyclic) bond motifs is 1. The van der Waals surface area contributed by atoms with Crippen molar-refractivity contribution in [3.8, 4) is 12.3 Å². The molecule has 0 saturated carbocycles. The molecule has 0 N–H and O–H groups in total. The van der Waals surface area contributed by atoms with Gasteiger partial charge < -0.3 is 4.74 Å². The second-order valence-electron chi connectivity index (χ2n) is 8.27. The summed E-state index contributed by atoms with van der Waals surface area (Å²) < 4.78 is 73.0. The lowest BCUT2D eigenvalue weighted by Gasteiger charge is -2.32. The molecule has 6 nitrogen and oxygen atoms in total. The minimum Gasteiger partial charge on any atom is -0.490 e. The van der Waals surface area contributed by atoms with Crippen LogP contribution in [0, 0.1) is 12.4 Å². The average molecular weight is 469 g/mol. The predicted octanol–water partition coefficient (Wildman–Crippen LogP) is 4.10. The van der Waals surface area contributed by atoms with E-state index in [-0.39, 0.29) is 42.1 Å². The fourth-order valence-electron chi connectivity index (χ4n) is 4.23. The Hall–Kier alpha value is -3.00. The lowest BCUT2D eigenvalue weighted by atomic mass is 10.1. The number of carbonyl (C=O) groups is 1. The smallest absolute Gasteiger partial charge is 0.433 e. The highest BCUT2D eigenvalue weighted by molar-refractivity contribution is 5.85. The Bertz CT molecular complexity index is 1080. The molecule has 1 aromatic carbocycles. The molecule has 0 aliphatic carbocycles. The van der Waals surface area contributed by atoms with Crippen LogP contribution < -0.4 is 4.74 Å². The van der Waals surface area contributed by atoms with Crippen LogP contribution in [0.3, 0.4) is 0 Å². The number of carbonyl (C=O) groups excluding carboxylic acids is 1.